The molecule has 28 heavy (non-hydrogen) atoms. The Kier molecular flexibility index (Phi) is 4.92. The Morgan fingerprint density at radius 2 is 1.82 bits per heavy atom. The van der Waals surface area contributed by atoms with Crippen molar-refractivity contribution in [1.29, 1.82) is 0 Å². The van der Waals surface area contributed by atoms with Gasteiger partial charge in [0.15, 0.2) is 5.69 Å². The number of nitrogens with one attached hydrogen (secondary N) is 2. The van der Waals surface area contributed by atoms with Gasteiger partial charge in [0.25, 0.3) is 5.91 Å². The summed E-state index contributed by atoms with van der Waals surface area (Å²) in [7, 11) is 0. The summed E-state index contributed by atoms with van der Waals surface area (Å²) in [5.74, 6) is 0.473. The second-order valence-corrected chi connectivity index (χ2v) is 6.81. The smallest absolute Gasteiger partial charge is 0.273 e. The molecule has 4 rings (SSSR count). The summed E-state index contributed by atoms with van der Waals surface area (Å²) in [6.07, 6.45) is 1.77. The van der Waals surface area contributed by atoms with Gasteiger partial charge in [-0.3, -0.25) is 14.7 Å². The Bertz CT molecular complexity index is 979. The first-order chi connectivity index (χ1) is 13.6. The lowest BCUT2D eigenvalue weighted by atomic mass is 10.2. The van der Waals surface area contributed by atoms with E-state index < -0.39 is 6.04 Å². The number of rotatable bonds is 4. The summed E-state index contributed by atoms with van der Waals surface area (Å²) in [5, 5.41) is 10.4. The molecule has 0 aliphatic carbocycles. The molecule has 3 aromatic rings. The van der Waals surface area contributed by atoms with Crippen molar-refractivity contribution in [3.8, 4) is 0 Å². The molecular formula is C20H22N6O2. The third kappa shape index (κ3) is 3.53. The summed E-state index contributed by atoms with van der Waals surface area (Å²) in [6.45, 7) is 4.34. The van der Waals surface area contributed by atoms with Crippen molar-refractivity contribution in [2.75, 3.05) is 31.1 Å². The summed E-state index contributed by atoms with van der Waals surface area (Å²) in [6, 6.07) is 12.6. The number of aromatic amines is 1. The molecule has 2 N–H and O–H groups in total. The standard InChI is InChI=1S/C20H22N6O2/c1-14(22-19(27)18-15-6-2-3-7-16(15)23-24-18)20(28)26-12-10-25(11-13-26)17-8-4-5-9-21-17/h2-9,14H,10-13H2,1H3,(H,22,27)(H,23,24). The maximum atomic E-state index is 12.8. The minimum absolute atomic E-state index is 0.0890. The predicted octanol–water partition coefficient (Wildman–Crippen LogP) is 1.42. The summed E-state index contributed by atoms with van der Waals surface area (Å²) >= 11 is 0. The van der Waals surface area contributed by atoms with E-state index in [1.54, 1.807) is 18.0 Å². The van der Waals surface area contributed by atoms with Gasteiger partial charge in [-0.05, 0) is 25.1 Å². The molecule has 8 heteroatoms. The molecule has 2 amide bonds. The van der Waals surface area contributed by atoms with E-state index in [0.717, 1.165) is 16.7 Å². The SMILES string of the molecule is CC(NC(=O)c1n[nH]c2ccccc12)C(=O)N1CCN(c2ccccn2)CC1. The van der Waals surface area contributed by atoms with Crippen molar-refractivity contribution in [1.82, 2.24) is 25.4 Å². The Morgan fingerprint density at radius 1 is 1.07 bits per heavy atom. The van der Waals surface area contributed by atoms with Gasteiger partial charge in [-0.2, -0.15) is 5.10 Å². The van der Waals surface area contributed by atoms with Gasteiger partial charge in [-0.25, -0.2) is 4.98 Å². The Balaban J connectivity index is 1.35. The highest BCUT2D eigenvalue weighted by Gasteiger charge is 2.27. The minimum atomic E-state index is -0.621. The molecule has 8 nitrogen and oxygen atoms in total. The summed E-state index contributed by atoms with van der Waals surface area (Å²) in [4.78, 5) is 33.6. The van der Waals surface area contributed by atoms with Crippen LogP contribution in [0.15, 0.2) is 48.7 Å². The molecule has 0 bridgehead atoms. The maximum Gasteiger partial charge on any atom is 0.273 e. The molecule has 2 aromatic heterocycles. The zero-order valence-corrected chi connectivity index (χ0v) is 15.6. The number of amides is 2. The first-order valence-electron chi connectivity index (χ1n) is 9.32. The molecule has 1 unspecified atom stereocenters. The molecular weight excluding hydrogens is 356 g/mol. The molecule has 1 aromatic carbocycles. The number of para-hydroxylation sites is 1. The average molecular weight is 378 g/mol. The van der Waals surface area contributed by atoms with E-state index in [-0.39, 0.29) is 11.8 Å². The fraction of sp³-hybridized carbons (Fsp3) is 0.300. The van der Waals surface area contributed by atoms with E-state index in [9.17, 15) is 9.59 Å². The fourth-order valence-electron chi connectivity index (χ4n) is 3.43. The maximum absolute atomic E-state index is 12.8. The zero-order valence-electron chi connectivity index (χ0n) is 15.6. The van der Waals surface area contributed by atoms with Crippen LogP contribution < -0.4 is 10.2 Å². The fourth-order valence-corrected chi connectivity index (χ4v) is 3.43. The predicted molar refractivity (Wildman–Crippen MR) is 106 cm³/mol. The highest BCUT2D eigenvalue weighted by Crippen LogP contribution is 2.16. The summed E-state index contributed by atoms with van der Waals surface area (Å²) in [5.41, 5.74) is 1.09. The van der Waals surface area contributed by atoms with Gasteiger partial charge >= 0.3 is 0 Å². The Morgan fingerprint density at radius 3 is 2.57 bits per heavy atom. The second kappa shape index (κ2) is 7.67. The van der Waals surface area contributed by atoms with E-state index in [0.29, 0.717) is 31.9 Å². The Labute approximate surface area is 162 Å². The number of pyridine rings is 1. The number of fused-ring (bicyclic) bond motifs is 1. The lowest BCUT2D eigenvalue weighted by Crippen LogP contribution is -2.54. The van der Waals surface area contributed by atoms with E-state index in [1.165, 1.54) is 0 Å². The molecule has 0 radical (unpaired) electrons. The van der Waals surface area contributed by atoms with E-state index >= 15 is 0 Å². The Hall–Kier alpha value is -3.42. The zero-order chi connectivity index (χ0) is 19.5. The molecule has 1 fully saturated rings. The van der Waals surface area contributed by atoms with Crippen LogP contribution in [0.4, 0.5) is 5.82 Å². The lowest BCUT2D eigenvalue weighted by Gasteiger charge is -2.36. The molecule has 1 aliphatic heterocycles. The number of carbonyl (C=O) groups is 2. The monoisotopic (exact) mass is 378 g/mol. The van der Waals surface area contributed by atoms with Crippen LogP contribution >= 0.6 is 0 Å². The minimum Gasteiger partial charge on any atom is -0.353 e. The van der Waals surface area contributed by atoms with Gasteiger partial charge in [-0.15, -0.1) is 0 Å². The van der Waals surface area contributed by atoms with Gasteiger partial charge < -0.3 is 15.1 Å². The average Bonchev–Trinajstić information content (AvgIpc) is 3.18. The third-order valence-corrected chi connectivity index (χ3v) is 4.97. The van der Waals surface area contributed by atoms with Crippen molar-refractivity contribution < 1.29 is 9.59 Å². The second-order valence-electron chi connectivity index (χ2n) is 6.81. The molecule has 1 saturated heterocycles. The highest BCUT2D eigenvalue weighted by molar-refractivity contribution is 6.05. The van der Waals surface area contributed by atoms with Crippen LogP contribution in [-0.2, 0) is 4.79 Å². The van der Waals surface area contributed by atoms with Gasteiger partial charge in [0.1, 0.15) is 11.9 Å². The van der Waals surface area contributed by atoms with Gasteiger partial charge in [0.2, 0.25) is 5.91 Å². The van der Waals surface area contributed by atoms with E-state index in [2.05, 4.69) is 25.4 Å². The topological polar surface area (TPSA) is 94.2 Å². The van der Waals surface area contributed by atoms with Crippen LogP contribution in [0.3, 0.4) is 0 Å². The summed E-state index contributed by atoms with van der Waals surface area (Å²) < 4.78 is 0. The van der Waals surface area contributed by atoms with E-state index in [4.69, 9.17) is 0 Å². The van der Waals surface area contributed by atoms with Gasteiger partial charge in [0, 0.05) is 37.8 Å². The number of carbonyl (C=O) groups excluding carboxylic acids is 2. The van der Waals surface area contributed by atoms with Crippen molar-refractivity contribution in [2.24, 2.45) is 0 Å². The molecule has 3 heterocycles. The van der Waals surface area contributed by atoms with Crippen LogP contribution in [0.1, 0.15) is 17.4 Å². The number of nitrogens with zero attached hydrogens (tertiary/aromatic N) is 4. The number of hydrogen-bond donors (Lipinski definition) is 2. The van der Waals surface area contributed by atoms with Gasteiger partial charge in [-0.1, -0.05) is 24.3 Å². The number of piperazine rings is 1. The van der Waals surface area contributed by atoms with Crippen LogP contribution in [-0.4, -0.2) is 64.1 Å². The normalized spacial score (nSPS) is 15.5. The van der Waals surface area contributed by atoms with Crippen LogP contribution in [0, 0.1) is 0 Å². The molecule has 1 aliphatic rings. The first kappa shape index (κ1) is 18.0. The number of H-pyrrole nitrogens is 1. The van der Waals surface area contributed by atoms with Crippen LogP contribution in [0.5, 0.6) is 0 Å². The number of benzene rings is 1. The first-order valence-corrected chi connectivity index (χ1v) is 9.32. The highest BCUT2D eigenvalue weighted by atomic mass is 16.2. The lowest BCUT2D eigenvalue weighted by molar-refractivity contribution is -0.133. The quantitative estimate of drug-likeness (QED) is 0.716. The van der Waals surface area contributed by atoms with Crippen LogP contribution in [0.25, 0.3) is 10.9 Å². The van der Waals surface area contributed by atoms with Crippen LogP contribution in [0.2, 0.25) is 0 Å². The van der Waals surface area contributed by atoms with E-state index in [1.807, 2.05) is 42.5 Å². The van der Waals surface area contributed by atoms with Crippen molar-refractivity contribution in [3.05, 3.63) is 54.4 Å². The van der Waals surface area contributed by atoms with Crippen molar-refractivity contribution in [3.63, 3.8) is 0 Å². The molecule has 1 atom stereocenters. The largest absolute Gasteiger partial charge is 0.353 e. The number of anilines is 1. The number of hydrogen-bond acceptors (Lipinski definition) is 5. The molecule has 0 spiro atoms. The molecule has 144 valence electrons. The number of aromatic nitrogens is 3. The van der Waals surface area contributed by atoms with Crippen molar-refractivity contribution in [2.45, 2.75) is 13.0 Å². The van der Waals surface area contributed by atoms with Gasteiger partial charge in [0.05, 0.1) is 5.52 Å². The third-order valence-electron chi connectivity index (χ3n) is 4.97. The van der Waals surface area contributed by atoms with Crippen molar-refractivity contribution >= 4 is 28.5 Å². The molecule has 0 saturated carbocycles.